The van der Waals surface area contributed by atoms with Gasteiger partial charge in [-0.2, -0.15) is 0 Å². The van der Waals surface area contributed by atoms with Gasteiger partial charge in [-0.05, 0) is 85.4 Å². The lowest BCUT2D eigenvalue weighted by atomic mass is 9.76. The molecular formula is C26H37F2N3. The van der Waals surface area contributed by atoms with E-state index < -0.39 is 6.43 Å². The van der Waals surface area contributed by atoms with Gasteiger partial charge < -0.3 is 5.73 Å². The minimum atomic E-state index is -2.48. The van der Waals surface area contributed by atoms with Crippen LogP contribution in [0.25, 0.3) is 0 Å². The van der Waals surface area contributed by atoms with Crippen LogP contribution in [0.3, 0.4) is 0 Å². The molecule has 1 aromatic carbocycles. The van der Waals surface area contributed by atoms with Crippen LogP contribution in [-0.4, -0.2) is 24.3 Å². The average Bonchev–Trinajstić information content (AvgIpc) is 3.49. The molecule has 2 N–H and O–H groups in total. The van der Waals surface area contributed by atoms with Crippen molar-refractivity contribution in [2.45, 2.75) is 65.7 Å². The summed E-state index contributed by atoms with van der Waals surface area (Å²) in [5, 5.41) is 0. The highest BCUT2D eigenvalue weighted by molar-refractivity contribution is 6.05. The second-order valence-electron chi connectivity index (χ2n) is 9.02. The number of aryl methyl sites for hydroxylation is 1. The first-order valence-corrected chi connectivity index (χ1v) is 11.2. The van der Waals surface area contributed by atoms with Crippen LogP contribution in [0, 0.1) is 18.3 Å². The number of halogens is 2. The third-order valence-corrected chi connectivity index (χ3v) is 6.19. The van der Waals surface area contributed by atoms with Gasteiger partial charge in [-0.15, -0.1) is 0 Å². The first kappa shape index (κ1) is 25.1. The molecule has 1 aromatic heterocycles. The van der Waals surface area contributed by atoms with Crippen molar-refractivity contribution >= 4 is 5.71 Å². The summed E-state index contributed by atoms with van der Waals surface area (Å²) in [4.78, 5) is 8.73. The second-order valence-corrected chi connectivity index (χ2v) is 9.02. The van der Waals surface area contributed by atoms with Crippen LogP contribution in [-0.2, 0) is 0 Å². The number of hydrogen-bond donors (Lipinski definition) is 1. The third kappa shape index (κ3) is 6.93. The summed E-state index contributed by atoms with van der Waals surface area (Å²) in [7, 11) is 1.76. The van der Waals surface area contributed by atoms with Crippen LogP contribution in [0.2, 0.25) is 0 Å². The number of alkyl halides is 2. The lowest BCUT2D eigenvalue weighted by Gasteiger charge is -2.29. The number of hydrogen-bond acceptors (Lipinski definition) is 3. The van der Waals surface area contributed by atoms with Gasteiger partial charge in [0, 0.05) is 36.6 Å². The van der Waals surface area contributed by atoms with Crippen LogP contribution in [0.5, 0.6) is 0 Å². The van der Waals surface area contributed by atoms with Crippen molar-refractivity contribution in [3.63, 3.8) is 0 Å². The van der Waals surface area contributed by atoms with E-state index in [4.69, 9.17) is 5.73 Å². The van der Waals surface area contributed by atoms with Crippen molar-refractivity contribution in [2.75, 3.05) is 13.6 Å². The maximum atomic E-state index is 13.4. The molecule has 0 bridgehead atoms. The average molecular weight is 430 g/mol. The van der Waals surface area contributed by atoms with Gasteiger partial charge in [-0.25, -0.2) is 8.78 Å². The fraction of sp³-hybridized carbons (Fsp3) is 0.538. The summed E-state index contributed by atoms with van der Waals surface area (Å²) >= 11 is 0. The predicted molar refractivity (Wildman–Crippen MR) is 126 cm³/mol. The molecule has 31 heavy (non-hydrogen) atoms. The summed E-state index contributed by atoms with van der Waals surface area (Å²) in [5.41, 5.74) is 8.94. The molecule has 0 radical (unpaired) electrons. The normalized spacial score (nSPS) is 17.0. The maximum Gasteiger partial charge on any atom is 0.264 e. The number of benzene rings is 1. The van der Waals surface area contributed by atoms with E-state index in [9.17, 15) is 8.78 Å². The Morgan fingerprint density at radius 2 is 1.81 bits per heavy atom. The van der Waals surface area contributed by atoms with Gasteiger partial charge in [0.25, 0.3) is 6.43 Å². The van der Waals surface area contributed by atoms with Gasteiger partial charge in [0.1, 0.15) is 0 Å². The van der Waals surface area contributed by atoms with Gasteiger partial charge in [0.2, 0.25) is 0 Å². The largest absolute Gasteiger partial charge is 0.330 e. The van der Waals surface area contributed by atoms with Crippen molar-refractivity contribution in [1.29, 1.82) is 0 Å². The fourth-order valence-corrected chi connectivity index (χ4v) is 4.12. The van der Waals surface area contributed by atoms with Crippen LogP contribution in [0.4, 0.5) is 8.78 Å². The van der Waals surface area contributed by atoms with E-state index >= 15 is 0 Å². The van der Waals surface area contributed by atoms with Crippen molar-refractivity contribution in [2.24, 2.45) is 22.1 Å². The van der Waals surface area contributed by atoms with Gasteiger partial charge >= 0.3 is 0 Å². The molecule has 1 fully saturated rings. The monoisotopic (exact) mass is 429 g/mol. The second kappa shape index (κ2) is 11.5. The first-order valence-electron chi connectivity index (χ1n) is 11.2. The molecule has 2 atom stereocenters. The van der Waals surface area contributed by atoms with Crippen LogP contribution in [0.15, 0.2) is 47.7 Å². The number of aliphatic imine (C=N–C) groups is 1. The zero-order chi connectivity index (χ0) is 23.0. The van der Waals surface area contributed by atoms with Crippen molar-refractivity contribution in [3.05, 3.63) is 65.0 Å². The SMILES string of the molecule is CCCN.CN=C(c1ccc(C)c(C(F)F)c1)C(c1ccncc1)C(C)CC1(C)CC1. The molecule has 2 unspecified atom stereocenters. The summed E-state index contributed by atoms with van der Waals surface area (Å²) < 4.78 is 26.9. The highest BCUT2D eigenvalue weighted by atomic mass is 19.3. The van der Waals surface area contributed by atoms with E-state index in [1.807, 2.05) is 18.2 Å². The molecule has 2 aromatic rings. The molecule has 1 saturated carbocycles. The van der Waals surface area contributed by atoms with Crippen molar-refractivity contribution in [1.82, 2.24) is 4.98 Å². The number of nitrogens with two attached hydrogens (primary N) is 1. The summed E-state index contributed by atoms with van der Waals surface area (Å²) in [5.74, 6) is 0.415. The standard InChI is InChI=1S/C23H28F2N2.C3H9N/c1-15-5-6-18(13-19(15)22(24)25)21(26-4)20(17-7-11-27-12-8-17)16(2)14-23(3)9-10-23;1-2-3-4/h5-8,11-13,16,20,22H,9-10,14H2,1-4H3;2-4H2,1H3. The lowest BCUT2D eigenvalue weighted by Crippen LogP contribution is -2.23. The van der Waals surface area contributed by atoms with E-state index in [0.29, 0.717) is 16.9 Å². The number of rotatable bonds is 8. The quantitative estimate of drug-likeness (QED) is 0.474. The summed E-state index contributed by atoms with van der Waals surface area (Å²) in [6, 6.07) is 9.34. The number of aromatic nitrogens is 1. The molecule has 0 saturated heterocycles. The molecule has 5 heteroatoms. The van der Waals surface area contributed by atoms with E-state index in [0.717, 1.165) is 36.2 Å². The summed E-state index contributed by atoms with van der Waals surface area (Å²) in [6.45, 7) is 9.18. The molecule has 1 aliphatic rings. The molecular weight excluding hydrogens is 392 g/mol. The molecule has 3 nitrogen and oxygen atoms in total. The Bertz CT molecular complexity index is 843. The predicted octanol–water partition coefficient (Wildman–Crippen LogP) is 6.71. The zero-order valence-electron chi connectivity index (χ0n) is 19.5. The Hall–Kier alpha value is -2.14. The van der Waals surface area contributed by atoms with Gasteiger partial charge in [-0.3, -0.25) is 9.98 Å². The van der Waals surface area contributed by atoms with Gasteiger partial charge in [0.05, 0.1) is 0 Å². The minimum absolute atomic E-state index is 0.0589. The Morgan fingerprint density at radius 1 is 1.19 bits per heavy atom. The van der Waals surface area contributed by atoms with E-state index in [2.05, 4.69) is 30.7 Å². The molecule has 0 aliphatic heterocycles. The van der Waals surface area contributed by atoms with Gasteiger partial charge in [-0.1, -0.05) is 32.9 Å². The molecule has 0 spiro atoms. The fourth-order valence-electron chi connectivity index (χ4n) is 4.12. The lowest BCUT2D eigenvalue weighted by molar-refractivity contribution is 0.150. The highest BCUT2D eigenvalue weighted by Gasteiger charge is 2.40. The Morgan fingerprint density at radius 3 is 2.29 bits per heavy atom. The van der Waals surface area contributed by atoms with Crippen molar-refractivity contribution in [3.8, 4) is 0 Å². The number of nitrogens with zero attached hydrogens (tertiary/aromatic N) is 2. The van der Waals surface area contributed by atoms with E-state index in [1.54, 1.807) is 38.5 Å². The highest BCUT2D eigenvalue weighted by Crippen LogP contribution is 2.52. The smallest absolute Gasteiger partial charge is 0.264 e. The van der Waals surface area contributed by atoms with E-state index in [1.165, 1.54) is 12.8 Å². The molecule has 170 valence electrons. The third-order valence-electron chi connectivity index (χ3n) is 6.19. The molecule has 1 aliphatic carbocycles. The topological polar surface area (TPSA) is 51.3 Å². The maximum absolute atomic E-state index is 13.4. The molecule has 1 heterocycles. The first-order chi connectivity index (χ1) is 14.8. The minimum Gasteiger partial charge on any atom is -0.330 e. The molecule has 0 amide bonds. The Kier molecular flexibility index (Phi) is 9.30. The van der Waals surface area contributed by atoms with Crippen LogP contribution in [0.1, 0.15) is 81.1 Å². The Labute approximate surface area is 186 Å². The van der Waals surface area contributed by atoms with E-state index in [-0.39, 0.29) is 11.5 Å². The Balaban J connectivity index is 0.000000785. The molecule has 3 rings (SSSR count). The van der Waals surface area contributed by atoms with Gasteiger partial charge in [0.15, 0.2) is 0 Å². The van der Waals surface area contributed by atoms with Crippen molar-refractivity contribution < 1.29 is 8.78 Å². The van der Waals surface area contributed by atoms with Crippen LogP contribution < -0.4 is 5.73 Å². The number of pyridine rings is 1. The zero-order valence-corrected chi connectivity index (χ0v) is 19.5. The van der Waals surface area contributed by atoms with Crippen LogP contribution >= 0.6 is 0 Å². The summed E-state index contributed by atoms with van der Waals surface area (Å²) in [6.07, 6.45) is 5.83.